The van der Waals surface area contributed by atoms with E-state index in [4.69, 9.17) is 2.97 Å². The van der Waals surface area contributed by atoms with Crippen molar-refractivity contribution in [2.75, 3.05) is 0 Å². The van der Waals surface area contributed by atoms with Crippen LogP contribution in [0.3, 0.4) is 0 Å². The fraction of sp³-hybridized carbons (Fsp3) is 1.00. The Bertz CT molecular complexity index is 65.9. The van der Waals surface area contributed by atoms with Crippen LogP contribution in [0.1, 0.15) is 99.2 Å². The maximum absolute atomic E-state index is 5.00. The average molecular weight is 592 g/mol. The van der Waals surface area contributed by atoms with Gasteiger partial charge in [0.15, 0.2) is 0 Å². The van der Waals surface area contributed by atoms with E-state index in [0.717, 1.165) is 0 Å². The molecule has 0 amide bonds. The minimum Gasteiger partial charge on any atom is -1.00 e. The molecule has 0 heterocycles. The molecule has 0 unspecified atom stereocenters. The van der Waals surface area contributed by atoms with Gasteiger partial charge in [0.05, 0.1) is 0 Å². The number of halogens is 2. The van der Waals surface area contributed by atoms with Gasteiger partial charge in [-0.1, -0.05) is 89.1 Å². The zero-order valence-corrected chi connectivity index (χ0v) is 14.7. The maximum Gasteiger partial charge on any atom is 1.00 e. The molecule has 0 saturated heterocycles. The summed E-state index contributed by atoms with van der Waals surface area (Å²) in [5.41, 5.74) is 0. The molecule has 21 heavy (non-hydrogen) atoms. The van der Waals surface area contributed by atoms with Crippen LogP contribution < -0.4 is 57.5 Å². The van der Waals surface area contributed by atoms with Gasteiger partial charge in [0.25, 0.3) is 0 Å². The molecular formula is C12H64FIKNS4V. The minimum atomic E-state index is 0. The second-order valence-corrected chi connectivity index (χ2v) is 0. The van der Waals surface area contributed by atoms with Gasteiger partial charge in [-0.2, -0.15) is 0 Å². The van der Waals surface area contributed by atoms with Crippen molar-refractivity contribution in [1.82, 2.24) is 6.15 Å². The summed E-state index contributed by atoms with van der Waals surface area (Å²) in [4.78, 5) is 0. The van der Waals surface area contributed by atoms with Gasteiger partial charge in [-0.05, 0) is 0 Å². The van der Waals surface area contributed by atoms with E-state index >= 15 is 0 Å². The van der Waals surface area contributed by atoms with Crippen LogP contribution >= 0.6 is 24.0 Å². The van der Waals surface area contributed by atoms with Crippen molar-refractivity contribution in [3.05, 3.63) is 0 Å². The average Bonchev–Trinajstić information content (AvgIpc) is 1.81. The maximum atomic E-state index is 5.00. The van der Waals surface area contributed by atoms with Crippen molar-refractivity contribution < 1.29 is 84.7 Å². The van der Waals surface area contributed by atoms with Crippen LogP contribution in [0.4, 0.5) is 4.70 Å². The Hall–Kier alpha value is 3.72. The molecule has 0 aliphatic rings. The van der Waals surface area contributed by atoms with Gasteiger partial charge in [-0.15, -0.1) is 24.0 Å². The summed E-state index contributed by atoms with van der Waals surface area (Å²) < 4.78 is 10.0. The first-order chi connectivity index (χ1) is 3.00. The molecule has 0 bridgehead atoms. The molecule has 0 aromatic rings. The Labute approximate surface area is 245 Å². The number of hydrogen-bond acceptors (Lipinski definition) is 5. The van der Waals surface area contributed by atoms with Crippen molar-refractivity contribution in [3.63, 3.8) is 0 Å². The van der Waals surface area contributed by atoms with Gasteiger partial charge in [-0.25, -0.2) is 0 Å². The van der Waals surface area contributed by atoms with Crippen LogP contribution in [-0.2, 0) is 63.3 Å². The summed E-state index contributed by atoms with van der Waals surface area (Å²) in [5.74, 6) is 0. The molecule has 9 heteroatoms. The summed E-state index contributed by atoms with van der Waals surface area (Å²) in [7, 11) is 0. The molecule has 0 aliphatic carbocycles. The molecule has 0 aliphatic heterocycles. The van der Waals surface area contributed by atoms with E-state index in [2.05, 4.69) is 44.8 Å². The number of rotatable bonds is 0. The van der Waals surface area contributed by atoms with Gasteiger partial charge in [-0.3, -0.25) is 4.70 Å². The first-order valence-electron chi connectivity index (χ1n) is 1.33. The molecule has 0 atom stereocenters. The van der Waals surface area contributed by atoms with E-state index in [1.807, 2.05) is 0 Å². The zero-order chi connectivity index (χ0) is 6.00. The zero-order valence-electron chi connectivity index (χ0n) is 7.60. The third-order valence-electron chi connectivity index (χ3n) is 0. The van der Waals surface area contributed by atoms with E-state index in [0.29, 0.717) is 0 Å². The Balaban J connectivity index is -0.000000000151. The van der Waals surface area contributed by atoms with Crippen LogP contribution in [0.15, 0.2) is 0 Å². The SMILES string of the molecule is C.C.C.C.C.C.C.C.C.C.C.C.F.I.N.S=S.S=S.[2HH].[2H][2H].[3HH].[H-].[HH].[HH].[K+].[V]. The Morgan fingerprint density at radius 2 is 0.619 bits per heavy atom. The van der Waals surface area contributed by atoms with E-state index in [9.17, 15) is 0 Å². The van der Waals surface area contributed by atoms with Gasteiger partial charge >= 0.3 is 51.4 Å². The van der Waals surface area contributed by atoms with E-state index in [1.54, 1.807) is 0 Å². The molecule has 0 fully saturated rings. The molecule has 0 spiro atoms. The summed E-state index contributed by atoms with van der Waals surface area (Å²) >= 11 is 14.7. The predicted molar refractivity (Wildman–Crippen MR) is 145 cm³/mol. The second kappa shape index (κ2) is 885. The van der Waals surface area contributed by atoms with Crippen LogP contribution in [0.2, 0.25) is 0 Å². The summed E-state index contributed by atoms with van der Waals surface area (Å²) in [6.45, 7) is 0. The smallest absolute Gasteiger partial charge is 1.00 e. The van der Waals surface area contributed by atoms with Crippen molar-refractivity contribution in [2.24, 2.45) is 0 Å². The van der Waals surface area contributed by atoms with E-state index in [-0.39, 0.29) is 201 Å². The largest absolute Gasteiger partial charge is 1.00 e. The Kier molecular flexibility index (Phi) is 13000. The molecule has 1 radical (unpaired) electrons. The Morgan fingerprint density at radius 3 is 0.619 bits per heavy atom. The predicted octanol–water partition coefficient (Wildman–Crippen LogP) is 6.90. The molecule has 0 aromatic heterocycles. The standard InChI is InChI=1S/12CH4.FH.HI.K.H3N.2S2.V.5H2.H/c;;;;;;;;;;;;;;;;2*1-2;;;;;;;/h12*1H4;2*1H;;1H3;;;;5*1H;/q;;;;;;;;;;;;;;+1;;;;;;;;;;-1/i;;;;;;;;;;;;;;;;;;;1+2;1+1D;1+1;;;. The molecule has 0 rings (SSSR count). The van der Waals surface area contributed by atoms with Crippen molar-refractivity contribution >= 4 is 68.7 Å². The molecule has 0 aromatic carbocycles. The molecule has 161 valence electrons. The molecular weight excluding hydrogens is 522 g/mol. The Morgan fingerprint density at radius 1 is 0.619 bits per heavy atom. The summed E-state index contributed by atoms with van der Waals surface area (Å²) in [6, 6.07) is 0. The fourth-order valence-corrected chi connectivity index (χ4v) is 0. The van der Waals surface area contributed by atoms with Gasteiger partial charge < -0.3 is 7.58 Å². The third kappa shape index (κ3) is 808. The van der Waals surface area contributed by atoms with Crippen LogP contribution in [0.5, 0.6) is 0 Å². The topological polar surface area (TPSA) is 35.0 Å². The molecule has 0 saturated carbocycles. The third-order valence-corrected chi connectivity index (χ3v) is 0. The van der Waals surface area contributed by atoms with Gasteiger partial charge in [0.1, 0.15) is 0 Å². The first kappa shape index (κ1) is 308. The van der Waals surface area contributed by atoms with Crippen molar-refractivity contribution in [2.45, 2.75) is 89.1 Å². The van der Waals surface area contributed by atoms with Crippen LogP contribution in [0.25, 0.3) is 0 Å². The molecule has 3 N–H and O–H groups in total. The second-order valence-electron chi connectivity index (χ2n) is 0. The quantitative estimate of drug-likeness (QED) is 0.245. The summed E-state index contributed by atoms with van der Waals surface area (Å²) in [5, 5.41) is 0. The van der Waals surface area contributed by atoms with E-state index in [1.165, 1.54) is 0 Å². The number of hydrogen-bond donors (Lipinski definition) is 1. The van der Waals surface area contributed by atoms with Gasteiger partial charge in [0, 0.05) is 72.0 Å². The summed E-state index contributed by atoms with van der Waals surface area (Å²) in [6.07, 6.45) is 0. The van der Waals surface area contributed by atoms with Crippen LogP contribution in [-0.4, -0.2) is 0 Å². The normalized spacial score (nSPS) is 0.762. The van der Waals surface area contributed by atoms with Crippen LogP contribution in [0, 0.1) is 0 Å². The van der Waals surface area contributed by atoms with E-state index < -0.39 is 0 Å². The first-order valence-corrected chi connectivity index (χ1v) is 3.00. The monoisotopic (exact) mass is 591 g/mol. The fourth-order valence-electron chi connectivity index (χ4n) is 0. The van der Waals surface area contributed by atoms with Crippen molar-refractivity contribution in [3.8, 4) is 0 Å². The van der Waals surface area contributed by atoms with Crippen molar-refractivity contribution in [1.29, 1.82) is 0 Å². The molecule has 1 nitrogen and oxygen atoms in total. The minimum absolute atomic E-state index is 0. The van der Waals surface area contributed by atoms with Gasteiger partial charge in [0.2, 0.25) is 0 Å².